The van der Waals surface area contributed by atoms with Gasteiger partial charge in [0.25, 0.3) is 5.91 Å². The van der Waals surface area contributed by atoms with Crippen LogP contribution in [0.5, 0.6) is 0 Å². The smallest absolute Gasteiger partial charge is 0.257 e. The molecule has 0 saturated carbocycles. The van der Waals surface area contributed by atoms with Gasteiger partial charge in [-0.05, 0) is 48.5 Å². The third kappa shape index (κ3) is 5.55. The molecule has 3 N–H and O–H groups in total. The first kappa shape index (κ1) is 19.9. The standard InChI is InChI=1S/C22H23N5O2/c1-15(28)24-18-5-4-6-19(12-18)26-22(29)16-11-20(14-23-13-16)25-17-7-9-21(10-8-17)27(2)3/h4-14,25H,1-3H3,(H,24,28)(H,26,29). The molecule has 0 fully saturated rings. The molecule has 148 valence electrons. The van der Waals surface area contributed by atoms with Gasteiger partial charge in [0.05, 0.1) is 17.4 Å². The summed E-state index contributed by atoms with van der Waals surface area (Å²) in [6.07, 6.45) is 3.17. The van der Waals surface area contributed by atoms with Crippen molar-refractivity contribution in [2.24, 2.45) is 0 Å². The van der Waals surface area contributed by atoms with Crippen molar-refractivity contribution in [1.29, 1.82) is 0 Å². The van der Waals surface area contributed by atoms with Crippen LogP contribution in [0.1, 0.15) is 17.3 Å². The molecule has 7 heteroatoms. The van der Waals surface area contributed by atoms with Crippen LogP contribution in [0.2, 0.25) is 0 Å². The van der Waals surface area contributed by atoms with Crippen molar-refractivity contribution in [3.63, 3.8) is 0 Å². The molecule has 1 aromatic heterocycles. The Labute approximate surface area is 169 Å². The fourth-order valence-corrected chi connectivity index (χ4v) is 2.72. The maximum absolute atomic E-state index is 12.6. The number of nitrogens with one attached hydrogen (secondary N) is 3. The first-order valence-electron chi connectivity index (χ1n) is 9.09. The number of amides is 2. The van der Waals surface area contributed by atoms with E-state index in [-0.39, 0.29) is 11.8 Å². The lowest BCUT2D eigenvalue weighted by atomic mass is 10.2. The van der Waals surface area contributed by atoms with Crippen LogP contribution in [0.25, 0.3) is 0 Å². The predicted octanol–water partition coefficient (Wildman–Crippen LogP) is 4.10. The molecule has 7 nitrogen and oxygen atoms in total. The highest BCUT2D eigenvalue weighted by Crippen LogP contribution is 2.21. The molecule has 2 aromatic carbocycles. The second-order valence-electron chi connectivity index (χ2n) is 6.74. The molecule has 0 bridgehead atoms. The van der Waals surface area contributed by atoms with E-state index in [2.05, 4.69) is 20.9 Å². The van der Waals surface area contributed by atoms with Gasteiger partial charge < -0.3 is 20.9 Å². The minimum absolute atomic E-state index is 0.171. The van der Waals surface area contributed by atoms with Crippen LogP contribution in [0.4, 0.5) is 28.4 Å². The zero-order chi connectivity index (χ0) is 20.8. The lowest BCUT2D eigenvalue weighted by Gasteiger charge is -2.13. The molecule has 3 aromatic rings. The van der Waals surface area contributed by atoms with E-state index in [1.165, 1.54) is 13.1 Å². The largest absolute Gasteiger partial charge is 0.378 e. The number of nitrogens with zero attached hydrogens (tertiary/aromatic N) is 2. The van der Waals surface area contributed by atoms with E-state index < -0.39 is 0 Å². The number of pyridine rings is 1. The van der Waals surface area contributed by atoms with Gasteiger partial charge in [-0.25, -0.2) is 0 Å². The van der Waals surface area contributed by atoms with Gasteiger partial charge >= 0.3 is 0 Å². The second-order valence-corrected chi connectivity index (χ2v) is 6.74. The summed E-state index contributed by atoms with van der Waals surface area (Å²) < 4.78 is 0. The summed E-state index contributed by atoms with van der Waals surface area (Å²) in [6, 6.07) is 16.7. The molecule has 0 radical (unpaired) electrons. The molecular formula is C22H23N5O2. The quantitative estimate of drug-likeness (QED) is 0.591. The monoisotopic (exact) mass is 389 g/mol. The van der Waals surface area contributed by atoms with Gasteiger partial charge in [-0.1, -0.05) is 6.07 Å². The average Bonchev–Trinajstić information content (AvgIpc) is 2.68. The van der Waals surface area contributed by atoms with Crippen LogP contribution in [-0.2, 0) is 4.79 Å². The van der Waals surface area contributed by atoms with E-state index in [4.69, 9.17) is 0 Å². The van der Waals surface area contributed by atoms with Crippen molar-refractivity contribution in [2.75, 3.05) is 34.9 Å². The first-order chi connectivity index (χ1) is 13.9. The Morgan fingerprint density at radius 3 is 2.17 bits per heavy atom. The summed E-state index contributed by atoms with van der Waals surface area (Å²) >= 11 is 0. The van der Waals surface area contributed by atoms with E-state index in [1.807, 2.05) is 43.3 Å². The zero-order valence-electron chi connectivity index (χ0n) is 16.6. The van der Waals surface area contributed by atoms with Crippen LogP contribution in [0.3, 0.4) is 0 Å². The number of aromatic nitrogens is 1. The Kier molecular flexibility index (Phi) is 6.09. The predicted molar refractivity (Wildman–Crippen MR) is 117 cm³/mol. The highest BCUT2D eigenvalue weighted by molar-refractivity contribution is 6.05. The minimum Gasteiger partial charge on any atom is -0.378 e. The molecule has 0 saturated heterocycles. The zero-order valence-corrected chi connectivity index (χ0v) is 16.6. The number of benzene rings is 2. The Hall–Kier alpha value is -3.87. The summed E-state index contributed by atoms with van der Waals surface area (Å²) in [4.78, 5) is 30.0. The van der Waals surface area contributed by atoms with Gasteiger partial charge in [0.1, 0.15) is 0 Å². The average molecular weight is 389 g/mol. The topological polar surface area (TPSA) is 86.4 Å². The molecule has 0 aliphatic heterocycles. The Bertz CT molecular complexity index is 1020. The lowest BCUT2D eigenvalue weighted by molar-refractivity contribution is -0.114. The fourth-order valence-electron chi connectivity index (χ4n) is 2.72. The molecule has 3 rings (SSSR count). The third-order valence-corrected chi connectivity index (χ3v) is 4.11. The number of hydrogen-bond acceptors (Lipinski definition) is 5. The highest BCUT2D eigenvalue weighted by atomic mass is 16.2. The van der Waals surface area contributed by atoms with Crippen molar-refractivity contribution in [2.45, 2.75) is 6.92 Å². The third-order valence-electron chi connectivity index (χ3n) is 4.11. The van der Waals surface area contributed by atoms with Crippen molar-refractivity contribution < 1.29 is 9.59 Å². The minimum atomic E-state index is -0.288. The summed E-state index contributed by atoms with van der Waals surface area (Å²) in [5, 5.41) is 8.76. The summed E-state index contributed by atoms with van der Waals surface area (Å²) in [5.74, 6) is -0.459. The van der Waals surface area contributed by atoms with Crippen LogP contribution in [0.15, 0.2) is 67.0 Å². The van der Waals surface area contributed by atoms with Crippen molar-refractivity contribution in [3.8, 4) is 0 Å². The van der Waals surface area contributed by atoms with E-state index in [1.54, 1.807) is 36.5 Å². The molecule has 29 heavy (non-hydrogen) atoms. The van der Waals surface area contributed by atoms with E-state index in [0.29, 0.717) is 22.6 Å². The number of carbonyl (C=O) groups is 2. The van der Waals surface area contributed by atoms with Crippen LogP contribution in [0, 0.1) is 0 Å². The van der Waals surface area contributed by atoms with Gasteiger partial charge in [0.15, 0.2) is 0 Å². The van der Waals surface area contributed by atoms with Crippen molar-refractivity contribution in [1.82, 2.24) is 4.98 Å². The normalized spacial score (nSPS) is 10.2. The Balaban J connectivity index is 1.70. The molecule has 0 aliphatic rings. The fraction of sp³-hybridized carbons (Fsp3) is 0.136. The summed E-state index contributed by atoms with van der Waals surface area (Å²) in [7, 11) is 3.97. The molecule has 0 aliphatic carbocycles. The van der Waals surface area contributed by atoms with E-state index in [9.17, 15) is 9.59 Å². The van der Waals surface area contributed by atoms with Crippen LogP contribution >= 0.6 is 0 Å². The second kappa shape index (κ2) is 8.88. The van der Waals surface area contributed by atoms with Gasteiger partial charge in [0, 0.05) is 50.0 Å². The molecule has 1 heterocycles. The SMILES string of the molecule is CC(=O)Nc1cccc(NC(=O)c2cncc(Nc3ccc(N(C)C)cc3)c2)c1. The molecule has 0 unspecified atom stereocenters. The van der Waals surface area contributed by atoms with Crippen LogP contribution < -0.4 is 20.9 Å². The highest BCUT2D eigenvalue weighted by Gasteiger charge is 2.09. The van der Waals surface area contributed by atoms with Crippen LogP contribution in [-0.4, -0.2) is 30.9 Å². The maximum Gasteiger partial charge on any atom is 0.257 e. The van der Waals surface area contributed by atoms with Gasteiger partial charge in [-0.2, -0.15) is 0 Å². The number of carbonyl (C=O) groups excluding carboxylic acids is 2. The first-order valence-corrected chi connectivity index (χ1v) is 9.09. The molecule has 2 amide bonds. The van der Waals surface area contributed by atoms with Gasteiger partial charge in [0.2, 0.25) is 5.91 Å². The Morgan fingerprint density at radius 2 is 1.52 bits per heavy atom. The summed E-state index contributed by atoms with van der Waals surface area (Å²) in [6.45, 7) is 1.43. The van der Waals surface area contributed by atoms with Gasteiger partial charge in [-0.15, -0.1) is 0 Å². The molecule has 0 atom stereocenters. The lowest BCUT2D eigenvalue weighted by Crippen LogP contribution is -2.13. The van der Waals surface area contributed by atoms with Crippen molar-refractivity contribution in [3.05, 3.63) is 72.6 Å². The van der Waals surface area contributed by atoms with E-state index in [0.717, 1.165) is 11.4 Å². The number of anilines is 5. The number of rotatable bonds is 6. The Morgan fingerprint density at radius 1 is 0.828 bits per heavy atom. The molecular weight excluding hydrogens is 366 g/mol. The number of hydrogen-bond donors (Lipinski definition) is 3. The van der Waals surface area contributed by atoms with Crippen molar-refractivity contribution >= 4 is 40.3 Å². The van der Waals surface area contributed by atoms with Gasteiger partial charge in [-0.3, -0.25) is 14.6 Å². The summed E-state index contributed by atoms with van der Waals surface area (Å²) in [5.41, 5.74) is 4.33. The molecule has 0 spiro atoms. The van der Waals surface area contributed by atoms with E-state index >= 15 is 0 Å². The maximum atomic E-state index is 12.6.